The van der Waals surface area contributed by atoms with Gasteiger partial charge < -0.3 is 14.4 Å². The molecule has 0 aromatic heterocycles. The van der Waals surface area contributed by atoms with Crippen molar-refractivity contribution in [2.45, 2.75) is 0 Å². The Bertz CT molecular complexity index is 957. The summed E-state index contributed by atoms with van der Waals surface area (Å²) in [6, 6.07) is 21.8. The van der Waals surface area contributed by atoms with Gasteiger partial charge in [0.25, 0.3) is 0 Å². The van der Waals surface area contributed by atoms with Crippen LogP contribution < -0.4 is 9.64 Å². The third-order valence-corrected chi connectivity index (χ3v) is 4.00. The molecule has 3 aromatic carbocycles. The monoisotopic (exact) mass is 317 g/mol. The fourth-order valence-electron chi connectivity index (χ4n) is 2.89. The second-order valence-electron chi connectivity index (χ2n) is 5.42. The zero-order valence-electron chi connectivity index (χ0n) is 13.1. The van der Waals surface area contributed by atoms with E-state index >= 15 is 0 Å². The van der Waals surface area contributed by atoms with Gasteiger partial charge in [-0.05, 0) is 23.6 Å². The molecule has 0 fully saturated rings. The van der Waals surface area contributed by atoms with Crippen molar-refractivity contribution in [3.63, 3.8) is 0 Å². The molecule has 4 heteroatoms. The van der Waals surface area contributed by atoms with Crippen LogP contribution in [0, 0.1) is 0 Å². The van der Waals surface area contributed by atoms with E-state index < -0.39 is 5.97 Å². The molecule has 24 heavy (non-hydrogen) atoms. The van der Waals surface area contributed by atoms with Gasteiger partial charge >= 0.3 is 5.97 Å². The normalized spacial score (nSPS) is 13.0. The Morgan fingerprint density at radius 3 is 2.50 bits per heavy atom. The zero-order chi connectivity index (χ0) is 16.5. The molecule has 1 heterocycles. The van der Waals surface area contributed by atoms with Gasteiger partial charge in [0.2, 0.25) is 5.76 Å². The number of nitrogens with zero attached hydrogens (tertiary/aromatic N) is 1. The number of benzene rings is 3. The smallest absolute Gasteiger partial charge is 0.375 e. The lowest BCUT2D eigenvalue weighted by Crippen LogP contribution is -2.22. The third-order valence-electron chi connectivity index (χ3n) is 4.00. The quantitative estimate of drug-likeness (QED) is 0.657. The van der Waals surface area contributed by atoms with Crippen LogP contribution in [0.5, 0.6) is 5.75 Å². The molecule has 0 atom stereocenters. The first-order valence-corrected chi connectivity index (χ1v) is 7.62. The second-order valence-corrected chi connectivity index (χ2v) is 5.42. The Labute approximate surface area is 139 Å². The standard InChI is InChI=1S/C20H15NO3/c1-23-20(22)19-13-21(17-10-4-5-12-18(17)24-19)16-11-6-8-14-7-2-3-9-15(14)16/h2-13H,1H3. The minimum atomic E-state index is -0.505. The maximum Gasteiger partial charge on any atom is 0.375 e. The summed E-state index contributed by atoms with van der Waals surface area (Å²) in [5.41, 5.74) is 1.85. The molecule has 1 aliphatic heterocycles. The number of methoxy groups -OCH3 is 1. The number of ether oxygens (including phenoxy) is 2. The highest BCUT2D eigenvalue weighted by atomic mass is 16.6. The Hall–Kier alpha value is -3.27. The largest absolute Gasteiger partial charge is 0.463 e. The maximum absolute atomic E-state index is 12.0. The summed E-state index contributed by atoms with van der Waals surface area (Å²) in [6.07, 6.45) is 1.68. The molecule has 3 aromatic rings. The van der Waals surface area contributed by atoms with E-state index in [2.05, 4.69) is 18.2 Å². The Balaban J connectivity index is 1.94. The molecule has 0 unspecified atom stereocenters. The molecule has 0 aliphatic carbocycles. The highest BCUT2D eigenvalue weighted by molar-refractivity contribution is 5.99. The van der Waals surface area contributed by atoms with Crippen LogP contribution in [0.15, 0.2) is 78.7 Å². The van der Waals surface area contributed by atoms with Crippen molar-refractivity contribution in [2.75, 3.05) is 12.0 Å². The number of fused-ring (bicyclic) bond motifs is 2. The van der Waals surface area contributed by atoms with Crippen molar-refractivity contribution in [3.05, 3.63) is 78.7 Å². The average Bonchev–Trinajstić information content (AvgIpc) is 2.66. The number of carbonyl (C=O) groups is 1. The summed E-state index contributed by atoms with van der Waals surface area (Å²) < 4.78 is 10.5. The number of anilines is 2. The molecule has 0 N–H and O–H groups in total. The summed E-state index contributed by atoms with van der Waals surface area (Å²) in [5.74, 6) is 0.271. The number of hydrogen-bond donors (Lipinski definition) is 0. The first kappa shape index (κ1) is 14.3. The zero-order valence-corrected chi connectivity index (χ0v) is 13.1. The SMILES string of the molecule is COC(=O)C1=CN(c2cccc3ccccc23)c2ccccc2O1. The van der Waals surface area contributed by atoms with Crippen LogP contribution in [0.4, 0.5) is 11.4 Å². The van der Waals surface area contributed by atoms with Gasteiger partial charge in [-0.15, -0.1) is 0 Å². The molecule has 0 saturated heterocycles. The van der Waals surface area contributed by atoms with E-state index in [1.165, 1.54) is 7.11 Å². The molecule has 4 rings (SSSR count). The van der Waals surface area contributed by atoms with Gasteiger partial charge in [-0.25, -0.2) is 4.79 Å². The number of hydrogen-bond acceptors (Lipinski definition) is 4. The summed E-state index contributed by atoms with van der Waals surface area (Å²) in [7, 11) is 1.34. The van der Waals surface area contributed by atoms with Crippen LogP contribution in [-0.2, 0) is 9.53 Å². The summed E-state index contributed by atoms with van der Waals surface area (Å²) >= 11 is 0. The first-order chi connectivity index (χ1) is 11.8. The summed E-state index contributed by atoms with van der Waals surface area (Å²) in [6.45, 7) is 0. The molecule has 0 radical (unpaired) electrons. The van der Waals surface area contributed by atoms with E-state index in [0.29, 0.717) is 5.75 Å². The number of esters is 1. The van der Waals surface area contributed by atoms with Crippen LogP contribution >= 0.6 is 0 Å². The predicted molar refractivity (Wildman–Crippen MR) is 93.3 cm³/mol. The molecule has 1 aliphatic rings. The molecule has 118 valence electrons. The van der Waals surface area contributed by atoms with Gasteiger partial charge in [0.05, 0.1) is 24.7 Å². The van der Waals surface area contributed by atoms with E-state index in [9.17, 15) is 4.79 Å². The minimum absolute atomic E-state index is 0.157. The molecule has 4 nitrogen and oxygen atoms in total. The van der Waals surface area contributed by atoms with Crippen molar-refractivity contribution in [1.82, 2.24) is 0 Å². The van der Waals surface area contributed by atoms with Crippen molar-refractivity contribution in [2.24, 2.45) is 0 Å². The molecule has 0 bridgehead atoms. The predicted octanol–water partition coefficient (Wildman–Crippen LogP) is 4.38. The Kier molecular flexibility index (Phi) is 3.43. The van der Waals surface area contributed by atoms with Crippen molar-refractivity contribution < 1.29 is 14.3 Å². The number of para-hydroxylation sites is 2. The van der Waals surface area contributed by atoms with Crippen LogP contribution in [0.2, 0.25) is 0 Å². The van der Waals surface area contributed by atoms with E-state index in [1.54, 1.807) is 6.20 Å². The van der Waals surface area contributed by atoms with E-state index in [-0.39, 0.29) is 5.76 Å². The maximum atomic E-state index is 12.0. The number of rotatable bonds is 2. The lowest BCUT2D eigenvalue weighted by Gasteiger charge is -2.29. The van der Waals surface area contributed by atoms with Gasteiger partial charge in [-0.1, -0.05) is 48.5 Å². The summed E-state index contributed by atoms with van der Waals surface area (Å²) in [4.78, 5) is 13.9. The first-order valence-electron chi connectivity index (χ1n) is 7.62. The average molecular weight is 317 g/mol. The van der Waals surface area contributed by atoms with Crippen LogP contribution in [-0.4, -0.2) is 13.1 Å². The van der Waals surface area contributed by atoms with E-state index in [4.69, 9.17) is 9.47 Å². The molecule has 0 amide bonds. The van der Waals surface area contributed by atoms with Gasteiger partial charge in [0.15, 0.2) is 5.75 Å². The van der Waals surface area contributed by atoms with Crippen LogP contribution in [0.1, 0.15) is 0 Å². The highest BCUT2D eigenvalue weighted by Gasteiger charge is 2.25. The van der Waals surface area contributed by atoms with Gasteiger partial charge in [-0.3, -0.25) is 0 Å². The Morgan fingerprint density at radius 1 is 0.917 bits per heavy atom. The van der Waals surface area contributed by atoms with Gasteiger partial charge in [0.1, 0.15) is 0 Å². The lowest BCUT2D eigenvalue weighted by atomic mass is 10.1. The van der Waals surface area contributed by atoms with E-state index in [1.807, 2.05) is 53.4 Å². The minimum Gasteiger partial charge on any atom is -0.463 e. The van der Waals surface area contributed by atoms with Crippen molar-refractivity contribution >= 4 is 28.1 Å². The number of carbonyl (C=O) groups excluding carboxylic acids is 1. The lowest BCUT2D eigenvalue weighted by molar-refractivity contribution is -0.138. The van der Waals surface area contributed by atoms with Gasteiger partial charge in [0, 0.05) is 5.39 Å². The highest BCUT2D eigenvalue weighted by Crippen LogP contribution is 2.41. The van der Waals surface area contributed by atoms with Crippen molar-refractivity contribution in [1.29, 1.82) is 0 Å². The molecule has 0 spiro atoms. The van der Waals surface area contributed by atoms with E-state index in [0.717, 1.165) is 22.1 Å². The fraction of sp³-hybridized carbons (Fsp3) is 0.0500. The molecule has 0 saturated carbocycles. The topological polar surface area (TPSA) is 38.8 Å². The van der Waals surface area contributed by atoms with Crippen molar-refractivity contribution in [3.8, 4) is 5.75 Å². The Morgan fingerprint density at radius 2 is 1.62 bits per heavy atom. The molecular weight excluding hydrogens is 302 g/mol. The summed E-state index contributed by atoms with van der Waals surface area (Å²) in [5, 5.41) is 2.23. The fourth-order valence-corrected chi connectivity index (χ4v) is 2.89. The van der Waals surface area contributed by atoms with Crippen LogP contribution in [0.3, 0.4) is 0 Å². The van der Waals surface area contributed by atoms with Crippen LogP contribution in [0.25, 0.3) is 10.8 Å². The molecular formula is C20H15NO3. The van der Waals surface area contributed by atoms with Gasteiger partial charge in [-0.2, -0.15) is 0 Å². The second kappa shape index (κ2) is 5.74. The third kappa shape index (κ3) is 2.29.